The Morgan fingerprint density at radius 1 is 1.10 bits per heavy atom. The Bertz CT molecular complexity index is 909. The summed E-state index contributed by atoms with van der Waals surface area (Å²) in [6, 6.07) is 4.25. The number of hydrogen-bond acceptors (Lipinski definition) is 9. The molecule has 158 valence electrons. The number of fused-ring (bicyclic) bond motifs is 1. The van der Waals surface area contributed by atoms with Gasteiger partial charge in [0.15, 0.2) is 12.1 Å². The number of ether oxygens (including phenoxy) is 1. The minimum Gasteiger partial charge on any atom is -0.508 e. The molecule has 0 fully saturated rings. The highest BCUT2D eigenvalue weighted by Gasteiger charge is 2.30. The van der Waals surface area contributed by atoms with Crippen LogP contribution in [0.1, 0.15) is 29.3 Å². The first-order chi connectivity index (χ1) is 13.6. The van der Waals surface area contributed by atoms with Crippen LogP contribution in [0, 0.1) is 6.92 Å². The summed E-state index contributed by atoms with van der Waals surface area (Å²) in [5, 5.41) is 59.6. The number of ketones is 1. The molecule has 29 heavy (non-hydrogen) atoms. The van der Waals surface area contributed by atoms with E-state index < -0.39 is 24.4 Å². The number of aliphatic hydroxyl groups excluding tert-OH is 4. The molecule has 6 N–H and O–H groups in total. The van der Waals surface area contributed by atoms with Gasteiger partial charge in [0, 0.05) is 12.5 Å². The van der Waals surface area contributed by atoms with Crippen molar-refractivity contribution in [2.45, 2.75) is 44.7 Å². The molecule has 0 bridgehead atoms. The van der Waals surface area contributed by atoms with Crippen molar-refractivity contribution in [3.8, 4) is 17.2 Å². The van der Waals surface area contributed by atoms with Gasteiger partial charge in [0.1, 0.15) is 35.6 Å². The number of Topliss-reactive ketones (excluding diaryl/α,β-unsaturated/α-hetero) is 1. The normalized spacial score (nSPS) is 15.5. The van der Waals surface area contributed by atoms with Gasteiger partial charge in [-0.25, -0.2) is 0 Å². The van der Waals surface area contributed by atoms with Gasteiger partial charge in [-0.3, -0.25) is 4.79 Å². The molecule has 0 heterocycles. The van der Waals surface area contributed by atoms with E-state index in [0.29, 0.717) is 10.9 Å². The van der Waals surface area contributed by atoms with Crippen molar-refractivity contribution in [2.75, 3.05) is 6.61 Å². The summed E-state index contributed by atoms with van der Waals surface area (Å²) in [6.45, 7) is 2.76. The Balaban J connectivity index is 2.25. The lowest BCUT2D eigenvalue weighted by molar-refractivity contribution is -0.134. The Hall–Kier alpha value is -2.72. The van der Waals surface area contributed by atoms with E-state index in [1.165, 1.54) is 19.1 Å². The molecule has 0 saturated heterocycles. The third-order valence-electron chi connectivity index (χ3n) is 4.61. The van der Waals surface area contributed by atoms with Crippen molar-refractivity contribution >= 4 is 22.8 Å². The van der Waals surface area contributed by atoms with Crippen molar-refractivity contribution in [3.05, 3.63) is 29.3 Å². The molecule has 0 amide bonds. The quantitative estimate of drug-likeness (QED) is 0.251. The maximum Gasteiger partial charge on any atom is 0.163 e. The smallest absolute Gasteiger partial charge is 0.163 e. The predicted molar refractivity (Wildman–Crippen MR) is 102 cm³/mol. The number of phenols is 2. The monoisotopic (exact) mass is 408 g/mol. The Kier molecular flexibility index (Phi) is 7.15. The van der Waals surface area contributed by atoms with Crippen molar-refractivity contribution in [3.63, 3.8) is 0 Å². The van der Waals surface area contributed by atoms with Gasteiger partial charge in [-0.1, -0.05) is 6.07 Å². The number of carbonyl (C=O) groups is 2. The lowest BCUT2D eigenvalue weighted by Crippen LogP contribution is -2.45. The van der Waals surface area contributed by atoms with Gasteiger partial charge in [-0.2, -0.15) is 0 Å². The largest absolute Gasteiger partial charge is 0.508 e. The van der Waals surface area contributed by atoms with Gasteiger partial charge in [-0.15, -0.1) is 0 Å². The third-order valence-corrected chi connectivity index (χ3v) is 4.61. The average Bonchev–Trinajstić information content (AvgIpc) is 2.64. The number of aldehydes is 1. The van der Waals surface area contributed by atoms with Crippen LogP contribution >= 0.6 is 0 Å². The van der Waals surface area contributed by atoms with E-state index >= 15 is 0 Å². The van der Waals surface area contributed by atoms with Gasteiger partial charge < -0.3 is 40.2 Å². The van der Waals surface area contributed by atoms with E-state index in [9.17, 15) is 40.2 Å². The van der Waals surface area contributed by atoms with E-state index in [0.717, 1.165) is 0 Å². The van der Waals surface area contributed by atoms with Crippen LogP contribution in [0.4, 0.5) is 0 Å². The van der Waals surface area contributed by atoms with Crippen LogP contribution in [0.15, 0.2) is 18.2 Å². The van der Waals surface area contributed by atoms with Crippen molar-refractivity contribution in [1.29, 1.82) is 0 Å². The molecule has 0 saturated carbocycles. The first kappa shape index (κ1) is 22.6. The highest BCUT2D eigenvalue weighted by Crippen LogP contribution is 2.40. The molecule has 0 aliphatic carbocycles. The Labute approximate surface area is 166 Å². The molecule has 9 nitrogen and oxygen atoms in total. The zero-order valence-corrected chi connectivity index (χ0v) is 15.9. The molecule has 4 atom stereocenters. The van der Waals surface area contributed by atoms with Crippen LogP contribution in [-0.4, -0.2) is 73.7 Å². The van der Waals surface area contributed by atoms with Crippen molar-refractivity contribution < 1.29 is 45.0 Å². The fourth-order valence-corrected chi connectivity index (χ4v) is 3.14. The first-order valence-corrected chi connectivity index (χ1v) is 8.89. The zero-order valence-electron chi connectivity index (χ0n) is 15.9. The van der Waals surface area contributed by atoms with E-state index in [2.05, 4.69) is 0 Å². The summed E-state index contributed by atoms with van der Waals surface area (Å²) in [7, 11) is 0. The summed E-state index contributed by atoms with van der Waals surface area (Å²) in [5.41, 5.74) is 0.648. The molecule has 2 rings (SSSR count). The second kappa shape index (κ2) is 9.19. The van der Waals surface area contributed by atoms with Crippen molar-refractivity contribution in [1.82, 2.24) is 0 Å². The van der Waals surface area contributed by atoms with E-state index in [1.54, 1.807) is 13.0 Å². The number of aromatic hydroxyl groups is 2. The number of aryl methyl sites for hydroxylation is 1. The van der Waals surface area contributed by atoms with E-state index in [1.807, 2.05) is 0 Å². The minimum absolute atomic E-state index is 0.0351. The summed E-state index contributed by atoms with van der Waals surface area (Å²) in [5.74, 6) is -0.739. The molecule has 0 aromatic heterocycles. The van der Waals surface area contributed by atoms with Gasteiger partial charge in [0.05, 0.1) is 23.7 Å². The maximum atomic E-state index is 11.9. The van der Waals surface area contributed by atoms with Crippen LogP contribution in [0.5, 0.6) is 17.2 Å². The summed E-state index contributed by atoms with van der Waals surface area (Å²) >= 11 is 0. The number of hydrogen-bond donors (Lipinski definition) is 6. The van der Waals surface area contributed by atoms with Gasteiger partial charge >= 0.3 is 0 Å². The Morgan fingerprint density at radius 3 is 2.34 bits per heavy atom. The molecular formula is C20H24O9. The number of phenolic OH excluding ortho intramolecular Hbond substituents is 2. The highest BCUT2D eigenvalue weighted by atomic mass is 16.5. The topological polar surface area (TPSA) is 165 Å². The molecule has 2 aromatic carbocycles. The number of rotatable bonds is 9. The molecule has 4 unspecified atom stereocenters. The number of carbonyl (C=O) groups excluding carboxylic acids is 2. The first-order valence-electron chi connectivity index (χ1n) is 8.89. The summed E-state index contributed by atoms with van der Waals surface area (Å²) in [4.78, 5) is 22.3. The second-order valence-corrected chi connectivity index (χ2v) is 6.83. The van der Waals surface area contributed by atoms with Crippen LogP contribution < -0.4 is 4.74 Å². The lowest BCUT2D eigenvalue weighted by Gasteiger charge is -2.24. The molecule has 0 radical (unpaired) electrons. The number of aliphatic hydroxyl groups is 4. The van der Waals surface area contributed by atoms with Crippen LogP contribution in [0.25, 0.3) is 10.8 Å². The third kappa shape index (κ3) is 4.83. The standard InChI is InChI=1S/C20H24O9/c1-9-5-11-6-12(23)7-15(17(11)20(28)16(9)10(2)22)29-4-3-13(24)18(26)19(27)14(25)8-21/h5-8,13-14,18-19,23-28H,3-4H2,1-2H3. The van der Waals surface area contributed by atoms with Crippen molar-refractivity contribution in [2.24, 2.45) is 0 Å². The van der Waals surface area contributed by atoms with Gasteiger partial charge in [-0.05, 0) is 30.9 Å². The van der Waals surface area contributed by atoms with Crippen LogP contribution in [0.3, 0.4) is 0 Å². The SMILES string of the molecule is CC(=O)c1c(C)cc2cc(O)cc(OCCC(O)C(O)C(O)C(O)C=O)c2c1O. The predicted octanol–water partition coefficient (Wildman–Crippen LogP) is 0.173. The lowest BCUT2D eigenvalue weighted by atomic mass is 9.97. The summed E-state index contributed by atoms with van der Waals surface area (Å²) in [6.07, 6.45) is -7.19. The summed E-state index contributed by atoms with van der Waals surface area (Å²) < 4.78 is 5.53. The fourth-order valence-electron chi connectivity index (χ4n) is 3.14. The highest BCUT2D eigenvalue weighted by molar-refractivity contribution is 6.07. The maximum absolute atomic E-state index is 11.9. The average molecular weight is 408 g/mol. The molecule has 9 heteroatoms. The van der Waals surface area contributed by atoms with Gasteiger partial charge in [0.25, 0.3) is 0 Å². The van der Waals surface area contributed by atoms with Crippen LogP contribution in [0.2, 0.25) is 0 Å². The molecule has 2 aromatic rings. The van der Waals surface area contributed by atoms with E-state index in [4.69, 9.17) is 4.74 Å². The minimum atomic E-state index is -1.87. The van der Waals surface area contributed by atoms with E-state index in [-0.39, 0.29) is 53.3 Å². The zero-order chi connectivity index (χ0) is 21.9. The van der Waals surface area contributed by atoms with Crippen LogP contribution in [-0.2, 0) is 4.79 Å². The van der Waals surface area contributed by atoms with Gasteiger partial charge in [0.2, 0.25) is 0 Å². The Morgan fingerprint density at radius 2 is 1.76 bits per heavy atom. The fraction of sp³-hybridized carbons (Fsp3) is 0.400. The molecule has 0 aliphatic rings. The molecule has 0 spiro atoms. The second-order valence-electron chi connectivity index (χ2n) is 6.83. The molecule has 0 aliphatic heterocycles. The number of benzene rings is 2. The molecular weight excluding hydrogens is 384 g/mol.